The van der Waals surface area contributed by atoms with Crippen molar-refractivity contribution in [2.45, 2.75) is 26.3 Å². The summed E-state index contributed by atoms with van der Waals surface area (Å²) in [7, 11) is 1.30. The lowest BCUT2D eigenvalue weighted by atomic mass is 10.0. The van der Waals surface area contributed by atoms with Gasteiger partial charge >= 0.3 is 5.97 Å². The molecule has 2 aromatic heterocycles. The van der Waals surface area contributed by atoms with E-state index in [1.54, 1.807) is 19.9 Å². The molecule has 1 aromatic carbocycles. The summed E-state index contributed by atoms with van der Waals surface area (Å²) < 4.78 is 10.0. The third-order valence-electron chi connectivity index (χ3n) is 4.06. The van der Waals surface area contributed by atoms with Crippen LogP contribution < -0.4 is 5.32 Å². The molecular formula is C19H19N3O4. The van der Waals surface area contributed by atoms with E-state index >= 15 is 0 Å². The number of carbonyl (C=O) groups excluding carboxylic acids is 2. The maximum absolute atomic E-state index is 12.9. The van der Waals surface area contributed by atoms with Crippen LogP contribution in [0.15, 0.2) is 40.9 Å². The third kappa shape index (κ3) is 3.56. The first-order chi connectivity index (χ1) is 12.5. The SMILES string of the molecule is COC(=O)[C@H](Cc1ccccc1)NC(=O)c1cc(C)nc2onc(C)c12. The van der Waals surface area contributed by atoms with Gasteiger partial charge in [-0.15, -0.1) is 0 Å². The van der Waals surface area contributed by atoms with E-state index in [0.717, 1.165) is 5.56 Å². The Morgan fingerprint density at radius 3 is 2.65 bits per heavy atom. The number of aromatic nitrogens is 2. The highest BCUT2D eigenvalue weighted by Gasteiger charge is 2.25. The first-order valence-electron chi connectivity index (χ1n) is 8.16. The smallest absolute Gasteiger partial charge is 0.328 e. The van der Waals surface area contributed by atoms with E-state index in [-0.39, 0.29) is 0 Å². The molecule has 0 aliphatic heterocycles. The lowest BCUT2D eigenvalue weighted by molar-refractivity contribution is -0.142. The quantitative estimate of drug-likeness (QED) is 0.708. The number of ether oxygens (including phenoxy) is 1. The first-order valence-corrected chi connectivity index (χ1v) is 8.16. The van der Waals surface area contributed by atoms with Crippen molar-refractivity contribution in [2.24, 2.45) is 0 Å². The summed E-state index contributed by atoms with van der Waals surface area (Å²) in [4.78, 5) is 29.3. The van der Waals surface area contributed by atoms with Crippen LogP contribution >= 0.6 is 0 Å². The molecule has 1 amide bonds. The van der Waals surface area contributed by atoms with Gasteiger partial charge in [0.05, 0.1) is 23.8 Å². The largest absolute Gasteiger partial charge is 0.467 e. The van der Waals surface area contributed by atoms with Crippen LogP contribution in [0.5, 0.6) is 0 Å². The van der Waals surface area contributed by atoms with Gasteiger partial charge in [-0.05, 0) is 25.5 Å². The van der Waals surface area contributed by atoms with E-state index in [4.69, 9.17) is 9.26 Å². The van der Waals surface area contributed by atoms with Crippen molar-refractivity contribution in [3.05, 3.63) is 58.9 Å². The molecule has 7 nitrogen and oxygen atoms in total. The Bertz CT molecular complexity index is 950. The van der Waals surface area contributed by atoms with Gasteiger partial charge in [0.1, 0.15) is 6.04 Å². The highest BCUT2D eigenvalue weighted by atomic mass is 16.5. The summed E-state index contributed by atoms with van der Waals surface area (Å²) in [5.74, 6) is -0.913. The van der Waals surface area contributed by atoms with Crippen molar-refractivity contribution in [3.63, 3.8) is 0 Å². The van der Waals surface area contributed by atoms with Gasteiger partial charge in [0.15, 0.2) is 0 Å². The van der Waals surface area contributed by atoms with Crippen molar-refractivity contribution in [3.8, 4) is 0 Å². The van der Waals surface area contributed by atoms with Crippen LogP contribution in [0, 0.1) is 13.8 Å². The van der Waals surface area contributed by atoms with E-state index in [0.29, 0.717) is 34.5 Å². The molecule has 2 heterocycles. The molecule has 134 valence electrons. The number of fused-ring (bicyclic) bond motifs is 1. The van der Waals surface area contributed by atoms with E-state index in [1.165, 1.54) is 7.11 Å². The number of methoxy groups -OCH3 is 1. The summed E-state index contributed by atoms with van der Waals surface area (Å²) >= 11 is 0. The maximum atomic E-state index is 12.9. The zero-order chi connectivity index (χ0) is 18.7. The van der Waals surface area contributed by atoms with Crippen molar-refractivity contribution in [1.29, 1.82) is 0 Å². The number of benzene rings is 1. The highest BCUT2D eigenvalue weighted by molar-refractivity contribution is 6.07. The number of pyridine rings is 1. The molecule has 3 aromatic rings. The Morgan fingerprint density at radius 2 is 1.96 bits per heavy atom. The summed E-state index contributed by atoms with van der Waals surface area (Å²) in [6, 6.07) is 10.3. The van der Waals surface area contributed by atoms with E-state index in [9.17, 15) is 9.59 Å². The van der Waals surface area contributed by atoms with Crippen LogP contribution in [0.2, 0.25) is 0 Å². The third-order valence-corrected chi connectivity index (χ3v) is 4.06. The van der Waals surface area contributed by atoms with Crippen molar-refractivity contribution >= 4 is 23.0 Å². The highest BCUT2D eigenvalue weighted by Crippen LogP contribution is 2.22. The van der Waals surface area contributed by atoms with Gasteiger partial charge in [-0.3, -0.25) is 4.79 Å². The Morgan fingerprint density at radius 1 is 1.23 bits per heavy atom. The fourth-order valence-corrected chi connectivity index (χ4v) is 2.82. The normalized spacial score (nSPS) is 12.0. The van der Waals surface area contributed by atoms with Gasteiger partial charge in [0, 0.05) is 12.1 Å². The van der Waals surface area contributed by atoms with Crippen LogP contribution in [0.1, 0.15) is 27.3 Å². The fraction of sp³-hybridized carbons (Fsp3) is 0.263. The number of esters is 1. The standard InChI is InChI=1S/C19H19N3O4/c1-11-9-14(16-12(2)22-26-18(16)20-11)17(23)21-15(19(24)25-3)10-13-7-5-4-6-8-13/h4-9,15H,10H2,1-3H3,(H,21,23)/t15-/m0/s1. The number of nitrogens with one attached hydrogen (secondary N) is 1. The topological polar surface area (TPSA) is 94.3 Å². The van der Waals surface area contributed by atoms with Crippen LogP contribution in [0.4, 0.5) is 0 Å². The number of nitrogens with zero attached hydrogens (tertiary/aromatic N) is 2. The molecular weight excluding hydrogens is 334 g/mol. The zero-order valence-corrected chi connectivity index (χ0v) is 14.8. The molecule has 0 bridgehead atoms. The number of carbonyl (C=O) groups is 2. The molecule has 0 aliphatic rings. The summed E-state index contributed by atoms with van der Waals surface area (Å²) in [6.07, 6.45) is 0.328. The van der Waals surface area contributed by atoms with Crippen molar-refractivity contribution in [1.82, 2.24) is 15.5 Å². The molecule has 0 saturated heterocycles. The van der Waals surface area contributed by atoms with Crippen LogP contribution in [0.25, 0.3) is 11.1 Å². The number of aryl methyl sites for hydroxylation is 2. The Labute approximate surface area is 150 Å². The lowest BCUT2D eigenvalue weighted by Gasteiger charge is -2.17. The molecule has 1 atom stereocenters. The molecule has 0 saturated carbocycles. The van der Waals surface area contributed by atoms with Crippen molar-refractivity contribution < 1.29 is 18.8 Å². The average Bonchev–Trinajstić information content (AvgIpc) is 3.01. The van der Waals surface area contributed by atoms with Gasteiger partial charge in [-0.2, -0.15) is 0 Å². The predicted molar refractivity (Wildman–Crippen MR) is 94.7 cm³/mol. The molecule has 0 radical (unpaired) electrons. The van der Waals surface area contributed by atoms with Gasteiger partial charge < -0.3 is 14.6 Å². The van der Waals surface area contributed by atoms with Crippen LogP contribution in [-0.4, -0.2) is 35.2 Å². The Hall–Kier alpha value is -3.22. The molecule has 1 N–H and O–H groups in total. The van der Waals surface area contributed by atoms with Gasteiger partial charge in [0.25, 0.3) is 11.6 Å². The van der Waals surface area contributed by atoms with Crippen LogP contribution in [0.3, 0.4) is 0 Å². The zero-order valence-electron chi connectivity index (χ0n) is 14.8. The van der Waals surface area contributed by atoms with E-state index in [1.807, 2.05) is 30.3 Å². The molecule has 0 spiro atoms. The van der Waals surface area contributed by atoms with Crippen LogP contribution in [-0.2, 0) is 16.0 Å². The number of rotatable bonds is 5. The van der Waals surface area contributed by atoms with Gasteiger partial charge in [-0.1, -0.05) is 35.5 Å². The van der Waals surface area contributed by atoms with Gasteiger partial charge in [-0.25, -0.2) is 9.78 Å². The molecule has 0 aliphatic carbocycles. The fourth-order valence-electron chi connectivity index (χ4n) is 2.82. The minimum absolute atomic E-state index is 0.297. The number of amides is 1. The molecule has 0 fully saturated rings. The summed E-state index contributed by atoms with van der Waals surface area (Å²) in [5, 5.41) is 7.17. The lowest BCUT2D eigenvalue weighted by Crippen LogP contribution is -2.43. The maximum Gasteiger partial charge on any atom is 0.328 e. The molecule has 0 unspecified atom stereocenters. The van der Waals surface area contributed by atoms with Gasteiger partial charge in [0.2, 0.25) is 0 Å². The molecule has 26 heavy (non-hydrogen) atoms. The average molecular weight is 353 g/mol. The second-order valence-corrected chi connectivity index (χ2v) is 6.00. The minimum atomic E-state index is -0.807. The second-order valence-electron chi connectivity index (χ2n) is 6.00. The molecule has 3 rings (SSSR count). The molecule has 7 heteroatoms. The monoisotopic (exact) mass is 353 g/mol. The van der Waals surface area contributed by atoms with Crippen molar-refractivity contribution in [2.75, 3.05) is 7.11 Å². The van der Waals surface area contributed by atoms with E-state index in [2.05, 4.69) is 15.5 Å². The Balaban J connectivity index is 1.91. The first kappa shape index (κ1) is 17.6. The summed E-state index contributed by atoms with van der Waals surface area (Å²) in [6.45, 7) is 3.50. The number of hydrogen-bond acceptors (Lipinski definition) is 6. The summed E-state index contributed by atoms with van der Waals surface area (Å²) in [5.41, 5.74) is 2.77. The minimum Gasteiger partial charge on any atom is -0.467 e. The Kier molecular flexibility index (Phi) is 4.97. The second kappa shape index (κ2) is 7.35. The number of hydrogen-bond donors (Lipinski definition) is 1. The van der Waals surface area contributed by atoms with E-state index < -0.39 is 17.9 Å². The predicted octanol–water partition coefficient (Wildman–Crippen LogP) is 2.35.